The average Bonchev–Trinajstić information content (AvgIpc) is 3.00. The summed E-state index contributed by atoms with van der Waals surface area (Å²) >= 11 is 0. The van der Waals surface area contributed by atoms with Crippen LogP contribution in [0.25, 0.3) is 11.0 Å². The number of para-hydroxylation sites is 2. The quantitative estimate of drug-likeness (QED) is 0.912. The van der Waals surface area contributed by atoms with E-state index < -0.39 is 30.8 Å². The molecule has 1 saturated heterocycles. The summed E-state index contributed by atoms with van der Waals surface area (Å²) < 4.78 is 28.3. The first kappa shape index (κ1) is 14.9. The van der Waals surface area contributed by atoms with Gasteiger partial charge in [-0.15, -0.1) is 0 Å². The number of imidazole rings is 1. The molecule has 2 N–H and O–H groups in total. The highest BCUT2D eigenvalue weighted by Crippen LogP contribution is 2.26. The number of benzene rings is 1. The third-order valence-corrected chi connectivity index (χ3v) is 3.76. The van der Waals surface area contributed by atoms with Crippen LogP contribution < -0.4 is 10.6 Å². The molecule has 3 rings (SSSR count). The second kappa shape index (κ2) is 5.64. The predicted octanol–water partition coefficient (Wildman–Crippen LogP) is 2.38. The highest BCUT2D eigenvalue weighted by molar-refractivity contribution is 5.95. The van der Waals surface area contributed by atoms with E-state index in [1.54, 1.807) is 0 Å². The predicted molar refractivity (Wildman–Crippen MR) is 80.0 cm³/mol. The Morgan fingerprint density at radius 2 is 2.27 bits per heavy atom. The number of nitrogens with zero attached hydrogens (tertiary/aromatic N) is 2. The number of anilines is 1. The maximum Gasteiger partial charge on any atom is 0.262 e. The molecule has 1 aliphatic heterocycles. The maximum absolute atomic E-state index is 13.2. The molecule has 1 atom stereocenters. The fourth-order valence-corrected chi connectivity index (χ4v) is 2.72. The van der Waals surface area contributed by atoms with E-state index in [-0.39, 0.29) is 0 Å². The molecule has 0 bridgehead atoms. The number of aryl methyl sites for hydroxylation is 1. The maximum atomic E-state index is 13.2. The van der Waals surface area contributed by atoms with Crippen LogP contribution in [0.1, 0.15) is 19.8 Å². The van der Waals surface area contributed by atoms with Crippen LogP contribution in [-0.2, 0) is 11.3 Å². The summed E-state index contributed by atoms with van der Waals surface area (Å²) in [6, 6.07) is 6.68. The molecule has 7 heteroatoms. The molecule has 118 valence electrons. The number of aromatic nitrogens is 2. The number of carbonyl (C=O) groups is 1. The van der Waals surface area contributed by atoms with Gasteiger partial charge in [-0.3, -0.25) is 15.4 Å². The average molecular weight is 308 g/mol. The Bertz CT molecular complexity index is 698. The number of hydrogen-bond acceptors (Lipinski definition) is 3. The molecule has 5 nitrogen and oxygen atoms in total. The summed E-state index contributed by atoms with van der Waals surface area (Å²) in [6.07, 6.45) is 0.399. The lowest BCUT2D eigenvalue weighted by atomic mass is 10.2. The second-order valence-electron chi connectivity index (χ2n) is 5.56. The normalized spacial score (nSPS) is 20.4. The van der Waals surface area contributed by atoms with Gasteiger partial charge in [-0.2, -0.15) is 0 Å². The zero-order chi connectivity index (χ0) is 15.7. The van der Waals surface area contributed by atoms with Crippen molar-refractivity contribution in [2.45, 2.75) is 38.3 Å². The lowest BCUT2D eigenvalue weighted by Gasteiger charge is -2.12. The summed E-state index contributed by atoms with van der Waals surface area (Å²) in [5, 5.41) is 5.23. The number of halogens is 2. The zero-order valence-corrected chi connectivity index (χ0v) is 12.3. The van der Waals surface area contributed by atoms with Gasteiger partial charge in [-0.05, 0) is 18.6 Å². The van der Waals surface area contributed by atoms with Crippen molar-refractivity contribution in [3.8, 4) is 0 Å². The van der Waals surface area contributed by atoms with Crippen LogP contribution in [0.4, 0.5) is 14.7 Å². The molecule has 22 heavy (non-hydrogen) atoms. The van der Waals surface area contributed by atoms with E-state index in [0.29, 0.717) is 12.5 Å². The first-order valence-electron chi connectivity index (χ1n) is 7.37. The Labute approximate surface area is 126 Å². The fraction of sp³-hybridized carbons (Fsp3) is 0.467. The van der Waals surface area contributed by atoms with E-state index in [9.17, 15) is 13.6 Å². The number of hydrogen-bond donors (Lipinski definition) is 2. The SMILES string of the molecule is CCCn1c(NC(=O)C2CC(F)(F)CN2)nc2ccccc21. The highest BCUT2D eigenvalue weighted by atomic mass is 19.3. The largest absolute Gasteiger partial charge is 0.310 e. The van der Waals surface area contributed by atoms with E-state index in [1.165, 1.54) is 0 Å². The summed E-state index contributed by atoms with van der Waals surface area (Å²) in [6.45, 7) is 2.26. The van der Waals surface area contributed by atoms with Crippen LogP contribution in [-0.4, -0.2) is 34.0 Å². The van der Waals surface area contributed by atoms with E-state index in [0.717, 1.165) is 17.5 Å². The van der Waals surface area contributed by atoms with E-state index in [4.69, 9.17) is 0 Å². The van der Waals surface area contributed by atoms with E-state index >= 15 is 0 Å². The van der Waals surface area contributed by atoms with Gasteiger partial charge in [0, 0.05) is 13.0 Å². The standard InChI is InChI=1S/C15H18F2N4O/c1-2-7-21-12-6-4-3-5-10(12)19-14(21)20-13(22)11-8-15(16,17)9-18-11/h3-6,11,18H,2,7-9H2,1H3,(H,19,20,22). The first-order chi connectivity index (χ1) is 10.5. The van der Waals surface area contributed by atoms with E-state index in [1.807, 2.05) is 35.8 Å². The van der Waals surface area contributed by atoms with Crippen molar-refractivity contribution in [1.29, 1.82) is 0 Å². The molecule has 1 amide bonds. The van der Waals surface area contributed by atoms with Gasteiger partial charge >= 0.3 is 0 Å². The lowest BCUT2D eigenvalue weighted by Crippen LogP contribution is -2.36. The molecule has 0 aliphatic carbocycles. The van der Waals surface area contributed by atoms with Gasteiger partial charge in [-0.25, -0.2) is 13.8 Å². The molecule has 1 aliphatic rings. The van der Waals surface area contributed by atoms with E-state index in [2.05, 4.69) is 15.6 Å². The monoisotopic (exact) mass is 308 g/mol. The molecular formula is C15H18F2N4O. The number of rotatable bonds is 4. The van der Waals surface area contributed by atoms with Crippen LogP contribution in [0.15, 0.2) is 24.3 Å². The summed E-state index contributed by atoms with van der Waals surface area (Å²) in [4.78, 5) is 16.6. The van der Waals surface area contributed by atoms with Gasteiger partial charge in [0.05, 0.1) is 23.6 Å². The Morgan fingerprint density at radius 1 is 1.50 bits per heavy atom. The first-order valence-corrected chi connectivity index (χ1v) is 7.37. The summed E-state index contributed by atoms with van der Waals surface area (Å²) in [5.41, 5.74) is 1.69. The molecule has 0 spiro atoms. The van der Waals surface area contributed by atoms with Gasteiger partial charge in [0.15, 0.2) is 0 Å². The van der Waals surface area contributed by atoms with Crippen molar-refractivity contribution in [3.63, 3.8) is 0 Å². The molecule has 1 unspecified atom stereocenters. The van der Waals surface area contributed by atoms with Crippen LogP contribution in [0.5, 0.6) is 0 Å². The van der Waals surface area contributed by atoms with Gasteiger partial charge in [0.1, 0.15) is 0 Å². The number of fused-ring (bicyclic) bond motifs is 1. The highest BCUT2D eigenvalue weighted by Gasteiger charge is 2.42. The molecule has 0 radical (unpaired) electrons. The van der Waals surface area contributed by atoms with Gasteiger partial charge in [-0.1, -0.05) is 19.1 Å². The van der Waals surface area contributed by atoms with Crippen LogP contribution >= 0.6 is 0 Å². The van der Waals surface area contributed by atoms with Crippen LogP contribution in [0, 0.1) is 0 Å². The van der Waals surface area contributed by atoms with Crippen molar-refractivity contribution in [1.82, 2.24) is 14.9 Å². The molecule has 0 saturated carbocycles. The minimum Gasteiger partial charge on any atom is -0.310 e. The molecule has 1 aromatic carbocycles. The third kappa shape index (κ3) is 2.81. The lowest BCUT2D eigenvalue weighted by molar-refractivity contribution is -0.118. The number of carbonyl (C=O) groups excluding carboxylic acids is 1. The third-order valence-electron chi connectivity index (χ3n) is 3.76. The molecular weight excluding hydrogens is 290 g/mol. The Balaban J connectivity index is 1.84. The Morgan fingerprint density at radius 3 is 2.95 bits per heavy atom. The topological polar surface area (TPSA) is 59.0 Å². The van der Waals surface area contributed by atoms with Crippen molar-refractivity contribution >= 4 is 22.9 Å². The molecule has 1 fully saturated rings. The zero-order valence-electron chi connectivity index (χ0n) is 12.3. The van der Waals surface area contributed by atoms with Crippen LogP contribution in [0.3, 0.4) is 0 Å². The molecule has 2 heterocycles. The fourth-order valence-electron chi connectivity index (χ4n) is 2.72. The van der Waals surface area contributed by atoms with Gasteiger partial charge in [0.2, 0.25) is 11.9 Å². The minimum atomic E-state index is -2.83. The smallest absolute Gasteiger partial charge is 0.262 e. The number of amides is 1. The van der Waals surface area contributed by atoms with Crippen molar-refractivity contribution in [2.75, 3.05) is 11.9 Å². The van der Waals surface area contributed by atoms with Crippen molar-refractivity contribution in [2.24, 2.45) is 0 Å². The minimum absolute atomic E-state index is 0.407. The Kier molecular flexibility index (Phi) is 3.82. The van der Waals surface area contributed by atoms with Gasteiger partial charge in [0.25, 0.3) is 5.92 Å². The second-order valence-corrected chi connectivity index (χ2v) is 5.56. The number of nitrogens with one attached hydrogen (secondary N) is 2. The van der Waals surface area contributed by atoms with Gasteiger partial charge < -0.3 is 4.57 Å². The van der Waals surface area contributed by atoms with Crippen molar-refractivity contribution in [3.05, 3.63) is 24.3 Å². The van der Waals surface area contributed by atoms with Crippen molar-refractivity contribution < 1.29 is 13.6 Å². The number of alkyl halides is 2. The summed E-state index contributed by atoms with van der Waals surface area (Å²) in [7, 11) is 0. The van der Waals surface area contributed by atoms with Crippen LogP contribution in [0.2, 0.25) is 0 Å². The molecule has 1 aromatic heterocycles. The summed E-state index contributed by atoms with van der Waals surface area (Å²) in [5.74, 6) is -2.89. The Hall–Kier alpha value is -2.02. The molecule has 2 aromatic rings.